The summed E-state index contributed by atoms with van der Waals surface area (Å²) in [5.74, 6) is 1.06. The van der Waals surface area contributed by atoms with Crippen molar-refractivity contribution in [1.29, 1.82) is 0 Å². The number of fused-ring (bicyclic) bond motifs is 1. The van der Waals surface area contributed by atoms with E-state index < -0.39 is 84.6 Å². The third-order valence-electron chi connectivity index (χ3n) is 10.3. The van der Waals surface area contributed by atoms with E-state index in [1.54, 1.807) is 11.8 Å². The number of aryl methyl sites for hydroxylation is 1. The van der Waals surface area contributed by atoms with E-state index >= 15 is 0 Å². The Hall–Kier alpha value is -1.62. The van der Waals surface area contributed by atoms with Gasteiger partial charge in [-0.15, -0.1) is 11.8 Å². The maximum Gasteiger partial charge on any atom is 0.386 e. The molecule has 0 bridgehead atoms. The summed E-state index contributed by atoms with van der Waals surface area (Å²) >= 11 is 9.91. The first kappa shape index (κ1) is 40.6. The summed E-state index contributed by atoms with van der Waals surface area (Å²) in [6, 6.07) is 0. The van der Waals surface area contributed by atoms with Crippen LogP contribution in [0.15, 0.2) is 30.2 Å². The number of nitrogens with zero attached hydrogens (tertiary/aromatic N) is 7. The SMILES string of the molecule is CC(C)(C)[Si](C)(C)O[C@@H]1[C@H](OP(=O)(S)OC[C@H]2O[C@@H](n3cnc4c(N)ncnc43)[C@H](O[PH](=O)S)[C@@H]2O)[C@@H](CO)O[C@H]1n1cc2c3c(ncnc31)SCCC2. The molecule has 0 aromatic carbocycles. The fraction of sp³-hybridized carbons (Fsp3) is 0.633. The summed E-state index contributed by atoms with van der Waals surface area (Å²) in [5, 5.41) is 23.5. The Bertz CT molecular complexity index is 2090. The zero-order valence-electron chi connectivity index (χ0n) is 30.1. The average molecular weight is 863 g/mol. The lowest BCUT2D eigenvalue weighted by Gasteiger charge is -2.40. The lowest BCUT2D eigenvalue weighted by atomic mass is 10.1. The highest BCUT2D eigenvalue weighted by Crippen LogP contribution is 2.58. The van der Waals surface area contributed by atoms with Crippen LogP contribution in [0.5, 0.6) is 0 Å². The van der Waals surface area contributed by atoms with Gasteiger partial charge in [0.15, 0.2) is 32.2 Å². The summed E-state index contributed by atoms with van der Waals surface area (Å²) < 4.78 is 66.6. The van der Waals surface area contributed by atoms with Gasteiger partial charge in [-0.3, -0.25) is 18.2 Å². The Balaban J connectivity index is 1.16. The normalized spacial score (nSPS) is 29.5. The van der Waals surface area contributed by atoms with Crippen LogP contribution in [0.4, 0.5) is 5.82 Å². The van der Waals surface area contributed by atoms with E-state index in [1.807, 2.05) is 10.8 Å². The molecule has 2 unspecified atom stereocenters. The smallest absolute Gasteiger partial charge is 0.386 e. The van der Waals surface area contributed by atoms with Crippen LogP contribution in [0.1, 0.15) is 45.2 Å². The van der Waals surface area contributed by atoms with E-state index in [2.05, 4.69) is 83.3 Å². The highest BCUT2D eigenvalue weighted by Gasteiger charge is 2.54. The molecule has 4 N–H and O–H groups in total. The number of aliphatic hydroxyl groups excluding tert-OH is 2. The Kier molecular flexibility index (Phi) is 11.7. The molecule has 0 spiro atoms. The van der Waals surface area contributed by atoms with Gasteiger partial charge in [-0.05, 0) is 42.3 Å². The Labute approximate surface area is 327 Å². The van der Waals surface area contributed by atoms with Gasteiger partial charge in [0.1, 0.15) is 65.5 Å². The highest BCUT2D eigenvalue weighted by atomic mass is 32.7. The number of hydrogen-bond acceptors (Lipinski definition) is 17. The number of nitrogen functional groups attached to an aromatic ring is 1. The molecule has 7 heterocycles. The van der Waals surface area contributed by atoms with Crippen molar-refractivity contribution in [2.75, 3.05) is 24.7 Å². The predicted molar refractivity (Wildman–Crippen MR) is 210 cm³/mol. The van der Waals surface area contributed by atoms with Crippen molar-refractivity contribution in [3.8, 4) is 0 Å². The molecule has 296 valence electrons. The fourth-order valence-corrected chi connectivity index (χ4v) is 11.2. The van der Waals surface area contributed by atoms with Crippen molar-refractivity contribution in [3.05, 3.63) is 30.7 Å². The number of aromatic nitrogens is 7. The first-order valence-electron chi connectivity index (χ1n) is 17.2. The Morgan fingerprint density at radius 3 is 2.50 bits per heavy atom. The summed E-state index contributed by atoms with van der Waals surface area (Å²) in [7, 11) is -5.45. The van der Waals surface area contributed by atoms with Crippen LogP contribution in [-0.4, -0.2) is 108 Å². The summed E-state index contributed by atoms with van der Waals surface area (Å²) in [6.45, 7) is 5.14. The van der Waals surface area contributed by atoms with Gasteiger partial charge in [-0.25, -0.2) is 29.5 Å². The van der Waals surface area contributed by atoms with Crippen molar-refractivity contribution in [1.82, 2.24) is 34.1 Å². The third kappa shape index (κ3) is 7.81. The molecule has 24 heteroatoms. The van der Waals surface area contributed by atoms with E-state index in [1.165, 1.54) is 23.5 Å². The lowest BCUT2D eigenvalue weighted by Crippen LogP contribution is -2.49. The third-order valence-corrected chi connectivity index (χ3v) is 18.3. The lowest BCUT2D eigenvalue weighted by molar-refractivity contribution is -0.0519. The second-order valence-corrected chi connectivity index (χ2v) is 25.4. The molecule has 0 radical (unpaired) electrons. The molecule has 0 aliphatic carbocycles. The largest absolute Gasteiger partial charge is 0.407 e. The number of thiol groups is 2. The topological polar surface area (TPSA) is 230 Å². The minimum absolute atomic E-state index is 0.123. The van der Waals surface area contributed by atoms with E-state index in [9.17, 15) is 19.3 Å². The van der Waals surface area contributed by atoms with Gasteiger partial charge in [0.25, 0.3) is 0 Å². The molecule has 10 atom stereocenters. The molecule has 4 aromatic heterocycles. The number of aliphatic hydroxyl groups is 2. The van der Waals surface area contributed by atoms with E-state index in [4.69, 9.17) is 33.2 Å². The highest BCUT2D eigenvalue weighted by molar-refractivity contribution is 8.44. The van der Waals surface area contributed by atoms with Gasteiger partial charge in [0.05, 0.1) is 24.9 Å². The molecule has 54 heavy (non-hydrogen) atoms. The van der Waals surface area contributed by atoms with Gasteiger partial charge < -0.3 is 38.9 Å². The van der Waals surface area contributed by atoms with Gasteiger partial charge in [-0.1, -0.05) is 45.3 Å². The molecule has 3 aliphatic heterocycles. The van der Waals surface area contributed by atoms with E-state index in [0.717, 1.165) is 34.6 Å². The standard InChI is InChI=1S/C30H44N8O10P2S3Si/c1-30(2,3)54(4,5)48-23-21(16(10-39)44-29(23)37-9-15-7-6-8-53-27-18(15)25(37)33-13-35-27)47-50(42,52)43-11-17-20(40)22(46-49(41)51)28(45-17)38-14-36-19-24(31)32-12-34-26(19)38/h9,12-14,16-17,20-23,28-29,39-40,49H,6-8,10-11H2,1-5H3,(H,41,51)(H,42,52)(H2,31,32,34)/t16-,17-,20-,21-,22-,23-,28-,29-,50?/m1/s1. The first-order chi connectivity index (χ1) is 25.5. The van der Waals surface area contributed by atoms with Crippen LogP contribution in [0.25, 0.3) is 22.2 Å². The quantitative estimate of drug-likeness (QED) is 0.0568. The van der Waals surface area contributed by atoms with E-state index in [0.29, 0.717) is 5.65 Å². The molecule has 2 fully saturated rings. The fourth-order valence-electron chi connectivity index (χ4n) is 6.64. The van der Waals surface area contributed by atoms with Crippen LogP contribution in [-0.2, 0) is 43.0 Å². The average Bonchev–Trinajstić information content (AvgIpc) is 3.81. The number of imidazole rings is 1. The predicted octanol–water partition coefficient (Wildman–Crippen LogP) is 4.57. The molecule has 3 aliphatic rings. The van der Waals surface area contributed by atoms with Crippen LogP contribution in [0, 0.1) is 0 Å². The van der Waals surface area contributed by atoms with Gasteiger partial charge >= 0.3 is 6.80 Å². The van der Waals surface area contributed by atoms with Crippen LogP contribution < -0.4 is 5.73 Å². The zero-order valence-corrected chi connectivity index (χ0v) is 35.6. The molecule has 0 amide bonds. The number of thioether (sulfide) groups is 1. The van der Waals surface area contributed by atoms with Crippen LogP contribution >= 0.6 is 50.3 Å². The second kappa shape index (κ2) is 15.6. The summed E-state index contributed by atoms with van der Waals surface area (Å²) in [5.41, 5.74) is 8.24. The maximum atomic E-state index is 14.1. The van der Waals surface area contributed by atoms with Crippen molar-refractivity contribution in [3.63, 3.8) is 0 Å². The van der Waals surface area contributed by atoms with Crippen LogP contribution in [0.3, 0.4) is 0 Å². The van der Waals surface area contributed by atoms with Crippen molar-refractivity contribution >= 4 is 86.6 Å². The summed E-state index contributed by atoms with van der Waals surface area (Å²) in [4.78, 5) is 21.6. The number of nitrogens with two attached hydrogens (primary N) is 1. The molecule has 4 aromatic rings. The molecule has 18 nitrogen and oxygen atoms in total. The van der Waals surface area contributed by atoms with E-state index in [-0.39, 0.29) is 22.0 Å². The number of ether oxygens (including phenoxy) is 2. The zero-order chi connectivity index (χ0) is 38.7. The first-order valence-corrected chi connectivity index (χ1v) is 26.4. The molecule has 7 rings (SSSR count). The molecular formula is C30H44N8O10P2S3Si. The number of rotatable bonds is 12. The number of hydrogen-bond donors (Lipinski definition) is 5. The number of anilines is 1. The summed E-state index contributed by atoms with van der Waals surface area (Å²) in [6.07, 6.45) is -0.835. The second-order valence-electron chi connectivity index (χ2n) is 14.8. The Morgan fingerprint density at radius 2 is 1.78 bits per heavy atom. The van der Waals surface area contributed by atoms with Gasteiger partial charge in [0.2, 0.25) is 7.23 Å². The van der Waals surface area contributed by atoms with Crippen molar-refractivity contribution in [2.24, 2.45) is 0 Å². The maximum absolute atomic E-state index is 14.1. The minimum atomic E-state index is -4.32. The minimum Gasteiger partial charge on any atom is -0.407 e. The van der Waals surface area contributed by atoms with Crippen LogP contribution in [0.2, 0.25) is 18.1 Å². The van der Waals surface area contributed by atoms with Gasteiger partial charge in [-0.2, -0.15) is 0 Å². The Morgan fingerprint density at radius 1 is 1.07 bits per heavy atom. The van der Waals surface area contributed by atoms with Crippen molar-refractivity contribution < 1.29 is 46.8 Å². The molecule has 0 saturated carbocycles. The van der Waals surface area contributed by atoms with Gasteiger partial charge in [0, 0.05) is 6.20 Å². The molecular weight excluding hydrogens is 819 g/mol. The monoisotopic (exact) mass is 862 g/mol. The van der Waals surface area contributed by atoms with Crippen molar-refractivity contribution in [2.45, 2.75) is 106 Å². The molecule has 2 saturated heterocycles.